The molecule has 3 heterocycles. The molecule has 1 amide bonds. The summed E-state index contributed by atoms with van der Waals surface area (Å²) in [4.78, 5) is 22.9. The average molecular weight is 317 g/mol. The van der Waals surface area contributed by atoms with Crippen LogP contribution >= 0.6 is 11.3 Å². The van der Waals surface area contributed by atoms with E-state index in [-0.39, 0.29) is 18.1 Å². The molecule has 1 saturated heterocycles. The second kappa shape index (κ2) is 6.54. The number of carbonyl (C=O) groups is 1. The molecule has 0 bridgehead atoms. The fourth-order valence-electron chi connectivity index (χ4n) is 2.66. The molecule has 3 rings (SSSR count). The van der Waals surface area contributed by atoms with Crippen molar-refractivity contribution in [2.75, 3.05) is 13.1 Å². The maximum Gasteiger partial charge on any atom is 0.228 e. The Morgan fingerprint density at radius 2 is 2.00 bits per heavy atom. The average Bonchev–Trinajstić information content (AvgIpc) is 2.95. The molecule has 0 spiro atoms. The molecule has 0 aromatic carbocycles. The van der Waals surface area contributed by atoms with Crippen LogP contribution in [0, 0.1) is 0 Å². The van der Waals surface area contributed by atoms with Crippen LogP contribution in [0.15, 0.2) is 29.9 Å². The van der Waals surface area contributed by atoms with Crippen molar-refractivity contribution in [1.29, 1.82) is 0 Å². The minimum absolute atomic E-state index is 0.0931. The molecule has 22 heavy (non-hydrogen) atoms. The van der Waals surface area contributed by atoms with Gasteiger partial charge in [0.05, 0.1) is 24.3 Å². The van der Waals surface area contributed by atoms with Crippen molar-refractivity contribution in [2.45, 2.75) is 32.5 Å². The van der Waals surface area contributed by atoms with E-state index in [2.05, 4.69) is 9.97 Å². The molecular weight excluding hydrogens is 298 g/mol. The predicted octanol–water partition coefficient (Wildman–Crippen LogP) is 2.38. The predicted molar refractivity (Wildman–Crippen MR) is 85.6 cm³/mol. The largest absolute Gasteiger partial charge is 0.372 e. The highest BCUT2D eigenvalue weighted by Gasteiger charge is 2.26. The summed E-state index contributed by atoms with van der Waals surface area (Å²) in [5.74, 6) is 0.119. The molecule has 1 aliphatic rings. The summed E-state index contributed by atoms with van der Waals surface area (Å²) in [6.45, 7) is 5.32. The van der Waals surface area contributed by atoms with Crippen LogP contribution in [0.4, 0.5) is 0 Å². The Morgan fingerprint density at radius 3 is 2.68 bits per heavy atom. The van der Waals surface area contributed by atoms with Gasteiger partial charge in [0.15, 0.2) is 0 Å². The number of amides is 1. The van der Waals surface area contributed by atoms with Crippen molar-refractivity contribution < 1.29 is 9.53 Å². The van der Waals surface area contributed by atoms with Crippen LogP contribution in [-0.2, 0) is 16.0 Å². The SMILES string of the molecule is C[C@@H]1CN(C(=O)Cc2csc(-c3ccncc3)n2)C[C@@H](C)O1. The van der Waals surface area contributed by atoms with Gasteiger partial charge in [0.25, 0.3) is 0 Å². The number of hydrogen-bond acceptors (Lipinski definition) is 5. The van der Waals surface area contributed by atoms with Gasteiger partial charge in [-0.15, -0.1) is 11.3 Å². The molecule has 0 unspecified atom stereocenters. The number of rotatable bonds is 3. The van der Waals surface area contributed by atoms with Gasteiger partial charge in [0.1, 0.15) is 5.01 Å². The van der Waals surface area contributed by atoms with Gasteiger partial charge in [0.2, 0.25) is 5.91 Å². The highest BCUT2D eigenvalue weighted by molar-refractivity contribution is 7.13. The van der Waals surface area contributed by atoms with Crippen molar-refractivity contribution >= 4 is 17.2 Å². The van der Waals surface area contributed by atoms with Gasteiger partial charge in [0, 0.05) is 36.4 Å². The number of ether oxygens (including phenoxy) is 1. The van der Waals surface area contributed by atoms with E-state index < -0.39 is 0 Å². The normalized spacial score (nSPS) is 21.8. The summed E-state index contributed by atoms with van der Waals surface area (Å²) in [6, 6.07) is 3.85. The van der Waals surface area contributed by atoms with Crippen molar-refractivity contribution in [1.82, 2.24) is 14.9 Å². The molecule has 0 saturated carbocycles. The van der Waals surface area contributed by atoms with Crippen LogP contribution in [0.25, 0.3) is 10.6 Å². The molecule has 2 aromatic rings. The first-order chi connectivity index (χ1) is 10.6. The van der Waals surface area contributed by atoms with Crippen LogP contribution in [-0.4, -0.2) is 46.1 Å². The molecule has 2 atom stereocenters. The van der Waals surface area contributed by atoms with Gasteiger partial charge in [-0.25, -0.2) is 4.98 Å². The Hall–Kier alpha value is -1.79. The molecule has 1 fully saturated rings. The van der Waals surface area contributed by atoms with Crippen LogP contribution in [0.1, 0.15) is 19.5 Å². The summed E-state index contributed by atoms with van der Waals surface area (Å²) < 4.78 is 5.67. The first-order valence-electron chi connectivity index (χ1n) is 7.40. The van der Waals surface area contributed by atoms with Gasteiger partial charge in [-0.1, -0.05) is 0 Å². The highest BCUT2D eigenvalue weighted by atomic mass is 32.1. The van der Waals surface area contributed by atoms with Crippen LogP contribution in [0.3, 0.4) is 0 Å². The Bertz CT molecular complexity index is 634. The second-order valence-corrected chi connectivity index (χ2v) is 6.47. The molecule has 0 aliphatic carbocycles. The molecule has 0 N–H and O–H groups in total. The van der Waals surface area contributed by atoms with Crippen LogP contribution in [0.5, 0.6) is 0 Å². The van der Waals surface area contributed by atoms with Crippen LogP contribution < -0.4 is 0 Å². The lowest BCUT2D eigenvalue weighted by Gasteiger charge is -2.35. The lowest BCUT2D eigenvalue weighted by atomic mass is 10.2. The highest BCUT2D eigenvalue weighted by Crippen LogP contribution is 2.23. The minimum Gasteiger partial charge on any atom is -0.372 e. The standard InChI is InChI=1S/C16H19N3O2S/c1-11-8-19(9-12(2)21-11)15(20)7-14-10-22-16(18-14)13-3-5-17-6-4-13/h3-6,10-12H,7-9H2,1-2H3/t11-,12-/m1/s1. The van der Waals surface area contributed by atoms with E-state index in [4.69, 9.17) is 4.74 Å². The number of pyridine rings is 1. The summed E-state index contributed by atoms with van der Waals surface area (Å²) in [7, 11) is 0. The number of hydrogen-bond donors (Lipinski definition) is 0. The first-order valence-corrected chi connectivity index (χ1v) is 8.28. The van der Waals surface area contributed by atoms with Gasteiger partial charge >= 0.3 is 0 Å². The van der Waals surface area contributed by atoms with E-state index in [1.807, 2.05) is 36.3 Å². The Kier molecular flexibility index (Phi) is 4.49. The topological polar surface area (TPSA) is 55.3 Å². The Morgan fingerprint density at radius 1 is 1.32 bits per heavy atom. The molecule has 0 radical (unpaired) electrons. The van der Waals surface area contributed by atoms with Crippen molar-refractivity contribution in [2.24, 2.45) is 0 Å². The lowest BCUT2D eigenvalue weighted by molar-refractivity contribution is -0.142. The fraction of sp³-hybridized carbons (Fsp3) is 0.438. The van der Waals surface area contributed by atoms with Gasteiger partial charge in [-0.3, -0.25) is 9.78 Å². The maximum atomic E-state index is 12.4. The second-order valence-electron chi connectivity index (χ2n) is 5.61. The maximum absolute atomic E-state index is 12.4. The quantitative estimate of drug-likeness (QED) is 0.872. The zero-order chi connectivity index (χ0) is 15.5. The Balaban J connectivity index is 1.66. The number of carbonyl (C=O) groups excluding carboxylic acids is 1. The van der Waals surface area contributed by atoms with Gasteiger partial charge in [-0.2, -0.15) is 0 Å². The lowest BCUT2D eigenvalue weighted by Crippen LogP contribution is -2.48. The third-order valence-electron chi connectivity index (χ3n) is 3.58. The molecule has 2 aromatic heterocycles. The third kappa shape index (κ3) is 3.51. The van der Waals surface area contributed by atoms with Gasteiger partial charge < -0.3 is 9.64 Å². The first kappa shape index (κ1) is 15.1. The Labute approximate surface area is 134 Å². The number of aromatic nitrogens is 2. The van der Waals surface area contributed by atoms with Crippen molar-refractivity contribution in [3.05, 3.63) is 35.6 Å². The molecule has 5 nitrogen and oxygen atoms in total. The van der Waals surface area contributed by atoms with E-state index in [1.54, 1.807) is 23.7 Å². The number of morpholine rings is 1. The smallest absolute Gasteiger partial charge is 0.228 e. The minimum atomic E-state index is 0.0931. The molecule has 116 valence electrons. The number of thiazole rings is 1. The molecule has 1 aliphatic heterocycles. The fourth-order valence-corrected chi connectivity index (χ4v) is 3.49. The summed E-state index contributed by atoms with van der Waals surface area (Å²) in [6.07, 6.45) is 4.03. The van der Waals surface area contributed by atoms with E-state index >= 15 is 0 Å². The van der Waals surface area contributed by atoms with Gasteiger partial charge in [-0.05, 0) is 26.0 Å². The van der Waals surface area contributed by atoms with Crippen molar-refractivity contribution in [3.63, 3.8) is 0 Å². The molecule has 6 heteroatoms. The van der Waals surface area contributed by atoms with Crippen molar-refractivity contribution in [3.8, 4) is 10.6 Å². The number of nitrogens with zero attached hydrogens (tertiary/aromatic N) is 3. The van der Waals surface area contributed by atoms with E-state index in [9.17, 15) is 4.79 Å². The summed E-state index contributed by atoms with van der Waals surface area (Å²) in [5.41, 5.74) is 1.86. The van der Waals surface area contributed by atoms with E-state index in [0.717, 1.165) is 16.3 Å². The molecular formula is C16H19N3O2S. The third-order valence-corrected chi connectivity index (χ3v) is 4.52. The van der Waals surface area contributed by atoms with Crippen LogP contribution in [0.2, 0.25) is 0 Å². The van der Waals surface area contributed by atoms with E-state index in [1.165, 1.54) is 0 Å². The van der Waals surface area contributed by atoms with E-state index in [0.29, 0.717) is 19.5 Å². The summed E-state index contributed by atoms with van der Waals surface area (Å²) >= 11 is 1.56. The monoisotopic (exact) mass is 317 g/mol. The zero-order valence-corrected chi connectivity index (χ0v) is 13.5. The summed E-state index contributed by atoms with van der Waals surface area (Å²) in [5, 5.41) is 2.88. The zero-order valence-electron chi connectivity index (χ0n) is 12.7.